The molecule has 2 aromatic rings. The molecule has 1 heterocycles. The fourth-order valence-electron chi connectivity index (χ4n) is 2.09. The van der Waals surface area contributed by atoms with E-state index in [1.54, 1.807) is 6.07 Å². The van der Waals surface area contributed by atoms with Crippen LogP contribution in [0.15, 0.2) is 34.7 Å². The summed E-state index contributed by atoms with van der Waals surface area (Å²) < 4.78 is 32.5. The molecule has 4 heteroatoms. The molecule has 0 amide bonds. The predicted octanol–water partition coefficient (Wildman–Crippen LogP) is 4.16. The van der Waals surface area contributed by atoms with Crippen LogP contribution in [-0.4, -0.2) is 12.6 Å². The van der Waals surface area contributed by atoms with Crippen LogP contribution in [0.1, 0.15) is 26.0 Å². The third-order valence-corrected chi connectivity index (χ3v) is 3.13. The Hall–Kier alpha value is -1.68. The van der Waals surface area contributed by atoms with Gasteiger partial charge < -0.3 is 9.73 Å². The van der Waals surface area contributed by atoms with Gasteiger partial charge >= 0.3 is 0 Å². The topological polar surface area (TPSA) is 25.2 Å². The third-order valence-electron chi connectivity index (χ3n) is 3.13. The van der Waals surface area contributed by atoms with Crippen molar-refractivity contribution in [3.05, 3.63) is 47.7 Å². The van der Waals surface area contributed by atoms with Crippen LogP contribution in [-0.2, 0) is 6.42 Å². The van der Waals surface area contributed by atoms with Crippen LogP contribution in [0.25, 0.3) is 11.3 Å². The summed E-state index contributed by atoms with van der Waals surface area (Å²) in [5, 5.41) is 3.36. The summed E-state index contributed by atoms with van der Waals surface area (Å²) in [6.07, 6.45) is 1.79. The maximum absolute atomic E-state index is 13.7. The first-order valence-corrected chi connectivity index (χ1v) is 6.88. The van der Waals surface area contributed by atoms with Crippen LogP contribution in [0.4, 0.5) is 8.78 Å². The fourth-order valence-corrected chi connectivity index (χ4v) is 2.09. The van der Waals surface area contributed by atoms with E-state index in [0.717, 1.165) is 31.2 Å². The Morgan fingerprint density at radius 2 is 2.00 bits per heavy atom. The van der Waals surface area contributed by atoms with E-state index in [1.807, 2.05) is 6.07 Å². The second kappa shape index (κ2) is 6.66. The number of hydrogen-bond donors (Lipinski definition) is 1. The SMILES string of the molecule is CCCNC(C)Cc1ccc(-c2cccc(F)c2F)o1. The Bertz CT molecular complexity index is 565. The third kappa shape index (κ3) is 3.45. The second-order valence-corrected chi connectivity index (χ2v) is 4.93. The minimum atomic E-state index is -0.870. The maximum Gasteiger partial charge on any atom is 0.169 e. The quantitative estimate of drug-likeness (QED) is 0.859. The Morgan fingerprint density at radius 3 is 2.75 bits per heavy atom. The largest absolute Gasteiger partial charge is 0.461 e. The average Bonchev–Trinajstić information content (AvgIpc) is 2.88. The molecule has 2 rings (SSSR count). The molecule has 0 aliphatic heterocycles. The maximum atomic E-state index is 13.7. The molecule has 0 bridgehead atoms. The summed E-state index contributed by atoms with van der Waals surface area (Å²) in [5.41, 5.74) is 0.158. The highest BCUT2D eigenvalue weighted by molar-refractivity contribution is 5.58. The van der Waals surface area contributed by atoms with E-state index in [2.05, 4.69) is 19.2 Å². The number of hydrogen-bond acceptors (Lipinski definition) is 2. The molecule has 0 fully saturated rings. The van der Waals surface area contributed by atoms with E-state index in [9.17, 15) is 8.78 Å². The summed E-state index contributed by atoms with van der Waals surface area (Å²) >= 11 is 0. The van der Waals surface area contributed by atoms with E-state index < -0.39 is 11.6 Å². The highest BCUT2D eigenvalue weighted by atomic mass is 19.2. The van der Waals surface area contributed by atoms with Gasteiger partial charge in [0.25, 0.3) is 0 Å². The number of rotatable bonds is 6. The van der Waals surface area contributed by atoms with Crippen molar-refractivity contribution in [2.45, 2.75) is 32.7 Å². The van der Waals surface area contributed by atoms with Crippen molar-refractivity contribution in [1.29, 1.82) is 0 Å². The van der Waals surface area contributed by atoms with E-state index >= 15 is 0 Å². The van der Waals surface area contributed by atoms with Gasteiger partial charge in [0.2, 0.25) is 0 Å². The summed E-state index contributed by atoms with van der Waals surface area (Å²) in [5.74, 6) is -0.608. The lowest BCUT2D eigenvalue weighted by Gasteiger charge is -2.11. The summed E-state index contributed by atoms with van der Waals surface area (Å²) in [6, 6.07) is 7.86. The molecule has 0 aliphatic rings. The van der Waals surface area contributed by atoms with Gasteiger partial charge in [-0.05, 0) is 44.2 Å². The van der Waals surface area contributed by atoms with Crippen LogP contribution in [0, 0.1) is 11.6 Å². The van der Waals surface area contributed by atoms with E-state index in [1.165, 1.54) is 12.1 Å². The van der Waals surface area contributed by atoms with Gasteiger partial charge in [0.15, 0.2) is 11.6 Å². The number of halogens is 2. The first-order valence-electron chi connectivity index (χ1n) is 6.88. The summed E-state index contributed by atoms with van der Waals surface area (Å²) in [6.45, 7) is 5.13. The van der Waals surface area contributed by atoms with Crippen molar-refractivity contribution >= 4 is 0 Å². The van der Waals surface area contributed by atoms with Gasteiger partial charge in [-0.1, -0.05) is 13.0 Å². The highest BCUT2D eigenvalue weighted by Gasteiger charge is 2.14. The zero-order valence-electron chi connectivity index (χ0n) is 11.7. The van der Waals surface area contributed by atoms with Crippen LogP contribution in [0.5, 0.6) is 0 Å². The molecular weight excluding hydrogens is 260 g/mol. The van der Waals surface area contributed by atoms with Crippen molar-refractivity contribution in [3.8, 4) is 11.3 Å². The lowest BCUT2D eigenvalue weighted by Crippen LogP contribution is -2.28. The highest BCUT2D eigenvalue weighted by Crippen LogP contribution is 2.26. The fraction of sp³-hybridized carbons (Fsp3) is 0.375. The first-order chi connectivity index (χ1) is 9.61. The molecule has 1 aromatic carbocycles. The van der Waals surface area contributed by atoms with Gasteiger partial charge in [-0.15, -0.1) is 0 Å². The lowest BCUT2D eigenvalue weighted by molar-refractivity contribution is 0.459. The van der Waals surface area contributed by atoms with Crippen molar-refractivity contribution in [1.82, 2.24) is 5.32 Å². The molecule has 0 aliphatic carbocycles. The van der Waals surface area contributed by atoms with E-state index in [4.69, 9.17) is 4.42 Å². The zero-order valence-corrected chi connectivity index (χ0v) is 11.7. The Morgan fingerprint density at radius 1 is 1.20 bits per heavy atom. The molecule has 1 atom stereocenters. The minimum Gasteiger partial charge on any atom is -0.461 e. The Balaban J connectivity index is 2.11. The van der Waals surface area contributed by atoms with Gasteiger partial charge in [-0.2, -0.15) is 0 Å². The smallest absolute Gasteiger partial charge is 0.169 e. The van der Waals surface area contributed by atoms with E-state index in [-0.39, 0.29) is 11.6 Å². The molecule has 0 spiro atoms. The lowest BCUT2D eigenvalue weighted by atomic mass is 10.1. The summed E-state index contributed by atoms with van der Waals surface area (Å²) in [7, 11) is 0. The van der Waals surface area contributed by atoms with Crippen LogP contribution < -0.4 is 5.32 Å². The van der Waals surface area contributed by atoms with Crippen LogP contribution >= 0.6 is 0 Å². The standard InChI is InChI=1S/C16H19F2NO/c1-3-9-19-11(2)10-12-7-8-15(20-12)13-5-4-6-14(17)16(13)18/h4-8,11,19H,3,9-10H2,1-2H3. The first kappa shape index (κ1) is 14.7. The zero-order chi connectivity index (χ0) is 14.5. The molecule has 0 saturated carbocycles. The molecule has 2 nitrogen and oxygen atoms in total. The van der Waals surface area contributed by atoms with Gasteiger partial charge in [0.1, 0.15) is 11.5 Å². The number of benzene rings is 1. The normalized spacial score (nSPS) is 12.6. The number of nitrogens with one attached hydrogen (secondary N) is 1. The Kier molecular flexibility index (Phi) is 4.90. The predicted molar refractivity (Wildman–Crippen MR) is 75.5 cm³/mol. The van der Waals surface area contributed by atoms with Crippen molar-refractivity contribution in [3.63, 3.8) is 0 Å². The monoisotopic (exact) mass is 279 g/mol. The number of furan rings is 1. The van der Waals surface area contributed by atoms with Crippen LogP contribution in [0.3, 0.4) is 0 Å². The van der Waals surface area contributed by atoms with E-state index in [0.29, 0.717) is 5.76 Å². The molecular formula is C16H19F2NO. The molecule has 20 heavy (non-hydrogen) atoms. The van der Waals surface area contributed by atoms with Crippen LogP contribution in [0.2, 0.25) is 0 Å². The minimum absolute atomic E-state index is 0.158. The second-order valence-electron chi connectivity index (χ2n) is 4.93. The van der Waals surface area contributed by atoms with Crippen molar-refractivity contribution in [2.24, 2.45) is 0 Å². The van der Waals surface area contributed by atoms with Crippen molar-refractivity contribution < 1.29 is 13.2 Å². The Labute approximate surface area is 117 Å². The van der Waals surface area contributed by atoms with Gasteiger partial charge in [0, 0.05) is 12.5 Å². The van der Waals surface area contributed by atoms with Gasteiger partial charge in [0.05, 0.1) is 5.56 Å². The molecule has 108 valence electrons. The van der Waals surface area contributed by atoms with Crippen molar-refractivity contribution in [2.75, 3.05) is 6.54 Å². The average molecular weight is 279 g/mol. The molecule has 1 aromatic heterocycles. The molecule has 0 radical (unpaired) electrons. The molecule has 1 N–H and O–H groups in total. The molecule has 1 unspecified atom stereocenters. The molecule has 0 saturated heterocycles. The summed E-state index contributed by atoms with van der Waals surface area (Å²) in [4.78, 5) is 0. The van der Waals surface area contributed by atoms with Gasteiger partial charge in [-0.25, -0.2) is 8.78 Å². The van der Waals surface area contributed by atoms with Gasteiger partial charge in [-0.3, -0.25) is 0 Å².